The molecule has 0 aliphatic carbocycles. The molecule has 2 aromatic rings. The molecule has 2 heterocycles. The molecule has 124 valence electrons. The molecule has 23 heavy (non-hydrogen) atoms. The molecular weight excluding hydrogens is 304 g/mol. The van der Waals surface area contributed by atoms with Gasteiger partial charge in [0.15, 0.2) is 0 Å². The first-order valence-electron chi connectivity index (χ1n) is 6.99. The van der Waals surface area contributed by atoms with Crippen molar-refractivity contribution in [2.75, 3.05) is 20.3 Å². The first-order valence-corrected chi connectivity index (χ1v) is 6.99. The van der Waals surface area contributed by atoms with Crippen molar-refractivity contribution in [1.29, 1.82) is 0 Å². The highest BCUT2D eigenvalue weighted by Gasteiger charge is 2.28. The quantitative estimate of drug-likeness (QED) is 0.467. The maximum atomic E-state index is 11.3. The van der Waals surface area contributed by atoms with E-state index in [2.05, 4.69) is 10.1 Å². The highest BCUT2D eigenvalue weighted by atomic mass is 16.6. The fourth-order valence-electron chi connectivity index (χ4n) is 2.08. The third-order valence-corrected chi connectivity index (χ3v) is 3.18. The smallest absolute Gasteiger partial charge is 0.353 e. The molecule has 0 aromatic carbocycles. The number of hydrogen-bond donors (Lipinski definition) is 1. The van der Waals surface area contributed by atoms with Gasteiger partial charge in [0.05, 0.1) is 18.6 Å². The number of nitrogens with zero attached hydrogens (tertiary/aromatic N) is 4. The molecule has 0 saturated heterocycles. The van der Waals surface area contributed by atoms with Crippen LogP contribution in [0.5, 0.6) is 11.8 Å². The molecule has 9 nitrogen and oxygen atoms in total. The summed E-state index contributed by atoms with van der Waals surface area (Å²) in [4.78, 5) is 15.0. The molecule has 0 amide bonds. The van der Waals surface area contributed by atoms with Gasteiger partial charge in [-0.15, -0.1) is 5.10 Å². The Labute approximate surface area is 132 Å². The summed E-state index contributed by atoms with van der Waals surface area (Å²) in [6.07, 6.45) is 0.360. The van der Waals surface area contributed by atoms with Gasteiger partial charge in [-0.2, -0.15) is 0 Å². The van der Waals surface area contributed by atoms with Crippen LogP contribution in [-0.2, 0) is 0 Å². The molecule has 0 aliphatic heterocycles. The van der Waals surface area contributed by atoms with E-state index in [9.17, 15) is 10.1 Å². The molecular formula is C14H18N4O5. The van der Waals surface area contributed by atoms with Gasteiger partial charge in [0.25, 0.3) is 0 Å². The maximum absolute atomic E-state index is 11.3. The van der Waals surface area contributed by atoms with Crippen LogP contribution in [0.15, 0.2) is 12.1 Å². The van der Waals surface area contributed by atoms with Crippen LogP contribution >= 0.6 is 0 Å². The number of aliphatic hydroxyl groups excluding tert-OH is 1. The van der Waals surface area contributed by atoms with E-state index >= 15 is 0 Å². The molecule has 0 atom stereocenters. The summed E-state index contributed by atoms with van der Waals surface area (Å²) in [6.45, 7) is 3.46. The first kappa shape index (κ1) is 16.7. The Balaban J connectivity index is 2.51. The number of nitro groups is 1. The van der Waals surface area contributed by atoms with Crippen LogP contribution in [0.3, 0.4) is 0 Å². The number of rotatable bonds is 7. The number of aromatic nitrogens is 3. The standard InChI is InChI=1S/C14H18N4O5/c1-9-5-6-11(13(15-9)22-3)17-10(2)12(18(20)21)14(16-17)23-8-4-7-19/h5-6,19H,4,7-8H2,1-3H3. The number of aryl methyl sites for hydroxylation is 1. The molecule has 1 N–H and O–H groups in total. The van der Waals surface area contributed by atoms with Crippen molar-refractivity contribution < 1.29 is 19.5 Å². The lowest BCUT2D eigenvalue weighted by atomic mass is 10.3. The van der Waals surface area contributed by atoms with E-state index in [4.69, 9.17) is 14.6 Å². The van der Waals surface area contributed by atoms with Crippen molar-refractivity contribution in [3.63, 3.8) is 0 Å². The van der Waals surface area contributed by atoms with Crippen LogP contribution < -0.4 is 9.47 Å². The van der Waals surface area contributed by atoms with Crippen LogP contribution in [-0.4, -0.2) is 45.1 Å². The van der Waals surface area contributed by atoms with Gasteiger partial charge < -0.3 is 14.6 Å². The topological polar surface area (TPSA) is 113 Å². The summed E-state index contributed by atoms with van der Waals surface area (Å²) in [7, 11) is 1.47. The predicted octanol–water partition coefficient (Wildman–Crippen LogP) is 1.56. The molecule has 0 unspecified atom stereocenters. The Morgan fingerprint density at radius 1 is 1.35 bits per heavy atom. The molecule has 0 aliphatic rings. The van der Waals surface area contributed by atoms with Crippen LogP contribution in [0, 0.1) is 24.0 Å². The first-order chi connectivity index (χ1) is 11.0. The molecule has 0 saturated carbocycles. The van der Waals surface area contributed by atoms with Crippen molar-refractivity contribution in [3.8, 4) is 17.4 Å². The lowest BCUT2D eigenvalue weighted by Crippen LogP contribution is -2.05. The van der Waals surface area contributed by atoms with Crippen molar-refractivity contribution >= 4 is 5.69 Å². The fraction of sp³-hybridized carbons (Fsp3) is 0.429. The zero-order valence-corrected chi connectivity index (χ0v) is 13.1. The number of methoxy groups -OCH3 is 1. The van der Waals surface area contributed by atoms with E-state index in [0.29, 0.717) is 23.7 Å². The van der Waals surface area contributed by atoms with Crippen LogP contribution in [0.2, 0.25) is 0 Å². The number of aliphatic hydroxyl groups is 1. The normalized spacial score (nSPS) is 10.6. The Morgan fingerprint density at radius 2 is 2.09 bits per heavy atom. The fourth-order valence-corrected chi connectivity index (χ4v) is 2.08. The van der Waals surface area contributed by atoms with Crippen molar-refractivity contribution in [2.45, 2.75) is 20.3 Å². The average Bonchev–Trinajstić information content (AvgIpc) is 2.84. The second-order valence-electron chi connectivity index (χ2n) is 4.81. The third kappa shape index (κ3) is 3.39. The molecule has 0 radical (unpaired) electrons. The van der Waals surface area contributed by atoms with Gasteiger partial charge in [-0.3, -0.25) is 10.1 Å². The van der Waals surface area contributed by atoms with Crippen LogP contribution in [0.4, 0.5) is 5.69 Å². The summed E-state index contributed by atoms with van der Waals surface area (Å²) >= 11 is 0. The Hall–Kier alpha value is -2.68. The monoisotopic (exact) mass is 322 g/mol. The molecule has 0 bridgehead atoms. The second kappa shape index (κ2) is 7.05. The summed E-state index contributed by atoms with van der Waals surface area (Å²) in [6, 6.07) is 3.49. The lowest BCUT2D eigenvalue weighted by molar-refractivity contribution is -0.386. The Bertz CT molecular complexity index is 713. The van der Waals surface area contributed by atoms with Gasteiger partial charge in [0.1, 0.15) is 11.4 Å². The summed E-state index contributed by atoms with van der Waals surface area (Å²) in [5.74, 6) is 0.219. The molecule has 9 heteroatoms. The van der Waals surface area contributed by atoms with Crippen LogP contribution in [0.25, 0.3) is 5.69 Å². The SMILES string of the molecule is COc1nc(C)ccc1-n1nc(OCCCO)c([N+](=O)[O-])c1C. The van der Waals surface area contributed by atoms with Gasteiger partial charge in [-0.05, 0) is 26.0 Å². The minimum Gasteiger partial charge on any atom is -0.479 e. The number of pyridine rings is 1. The van der Waals surface area contributed by atoms with E-state index in [1.807, 2.05) is 6.92 Å². The van der Waals surface area contributed by atoms with E-state index in [-0.39, 0.29) is 24.8 Å². The summed E-state index contributed by atoms with van der Waals surface area (Å²) in [5.41, 5.74) is 1.32. The molecule has 0 spiro atoms. The third-order valence-electron chi connectivity index (χ3n) is 3.18. The minimum absolute atomic E-state index is 0.0663. The largest absolute Gasteiger partial charge is 0.479 e. The highest BCUT2D eigenvalue weighted by Crippen LogP contribution is 2.33. The molecule has 2 rings (SSSR count). The van der Waals surface area contributed by atoms with E-state index in [1.54, 1.807) is 19.1 Å². The lowest BCUT2D eigenvalue weighted by Gasteiger charge is -2.08. The highest BCUT2D eigenvalue weighted by molar-refractivity contribution is 5.52. The predicted molar refractivity (Wildman–Crippen MR) is 81.2 cm³/mol. The van der Waals surface area contributed by atoms with Gasteiger partial charge in [0.2, 0.25) is 5.88 Å². The van der Waals surface area contributed by atoms with Gasteiger partial charge >= 0.3 is 11.6 Å². The van der Waals surface area contributed by atoms with E-state index in [1.165, 1.54) is 11.8 Å². The molecule has 2 aromatic heterocycles. The zero-order valence-electron chi connectivity index (χ0n) is 13.1. The van der Waals surface area contributed by atoms with Gasteiger partial charge in [-0.1, -0.05) is 0 Å². The number of ether oxygens (including phenoxy) is 2. The summed E-state index contributed by atoms with van der Waals surface area (Å²) < 4.78 is 11.9. The van der Waals surface area contributed by atoms with E-state index in [0.717, 1.165) is 5.69 Å². The minimum atomic E-state index is -0.540. The van der Waals surface area contributed by atoms with Crippen molar-refractivity contribution in [3.05, 3.63) is 33.6 Å². The van der Waals surface area contributed by atoms with Gasteiger partial charge in [-0.25, -0.2) is 9.67 Å². The average molecular weight is 322 g/mol. The van der Waals surface area contributed by atoms with E-state index < -0.39 is 4.92 Å². The maximum Gasteiger partial charge on any atom is 0.353 e. The van der Waals surface area contributed by atoms with Crippen molar-refractivity contribution in [1.82, 2.24) is 14.8 Å². The Kier molecular flexibility index (Phi) is 5.12. The van der Waals surface area contributed by atoms with Crippen molar-refractivity contribution in [2.24, 2.45) is 0 Å². The summed E-state index contributed by atoms with van der Waals surface area (Å²) in [5, 5.41) is 24.3. The number of hydrogen-bond acceptors (Lipinski definition) is 7. The van der Waals surface area contributed by atoms with Crippen LogP contribution in [0.1, 0.15) is 17.8 Å². The Morgan fingerprint density at radius 3 is 2.70 bits per heavy atom. The molecule has 0 fully saturated rings. The second-order valence-corrected chi connectivity index (χ2v) is 4.81. The zero-order chi connectivity index (χ0) is 17.0. The van der Waals surface area contributed by atoms with Gasteiger partial charge in [0, 0.05) is 18.7 Å².